The van der Waals surface area contributed by atoms with Gasteiger partial charge in [-0.15, -0.1) is 11.8 Å². The molecule has 0 radical (unpaired) electrons. The molecule has 172 valence electrons. The van der Waals surface area contributed by atoms with Crippen molar-refractivity contribution >= 4 is 23.6 Å². The van der Waals surface area contributed by atoms with Crippen molar-refractivity contribution in [2.45, 2.75) is 63.9 Å². The van der Waals surface area contributed by atoms with Gasteiger partial charge in [0.2, 0.25) is 11.8 Å². The zero-order valence-corrected chi connectivity index (χ0v) is 20.1. The lowest BCUT2D eigenvalue weighted by Crippen LogP contribution is -2.50. The van der Waals surface area contributed by atoms with Gasteiger partial charge < -0.3 is 15.0 Å². The highest BCUT2D eigenvalue weighted by Gasteiger charge is 2.28. The number of nitrogens with zero attached hydrogens (tertiary/aromatic N) is 1. The summed E-state index contributed by atoms with van der Waals surface area (Å²) in [5, 5.41) is 3.15. The van der Waals surface area contributed by atoms with E-state index in [0.29, 0.717) is 12.3 Å². The average Bonchev–Trinajstić information content (AvgIpc) is 3.30. The molecular formula is C26H34N2O3S. The van der Waals surface area contributed by atoms with Gasteiger partial charge in [-0.05, 0) is 49.9 Å². The van der Waals surface area contributed by atoms with E-state index in [-0.39, 0.29) is 17.9 Å². The molecule has 1 N–H and O–H groups in total. The Bertz CT molecular complexity index is 894. The van der Waals surface area contributed by atoms with E-state index in [1.54, 1.807) is 23.8 Å². The maximum absolute atomic E-state index is 13.2. The van der Waals surface area contributed by atoms with Crippen LogP contribution in [0.1, 0.15) is 49.3 Å². The van der Waals surface area contributed by atoms with Crippen LogP contribution in [0.5, 0.6) is 5.75 Å². The molecule has 1 saturated carbocycles. The van der Waals surface area contributed by atoms with Crippen LogP contribution in [0.15, 0.2) is 48.5 Å². The smallest absolute Gasteiger partial charge is 0.242 e. The molecule has 0 aliphatic heterocycles. The van der Waals surface area contributed by atoms with E-state index in [9.17, 15) is 9.59 Å². The van der Waals surface area contributed by atoms with Gasteiger partial charge in [0, 0.05) is 18.3 Å². The quantitative estimate of drug-likeness (QED) is 0.565. The number of ether oxygens (including phenoxy) is 1. The van der Waals surface area contributed by atoms with Gasteiger partial charge >= 0.3 is 0 Å². The van der Waals surface area contributed by atoms with Gasteiger partial charge in [-0.2, -0.15) is 0 Å². The van der Waals surface area contributed by atoms with Crippen LogP contribution >= 0.6 is 11.8 Å². The first-order chi connectivity index (χ1) is 15.5. The lowest BCUT2D eigenvalue weighted by molar-refractivity contribution is -0.138. The molecule has 32 heavy (non-hydrogen) atoms. The summed E-state index contributed by atoms with van der Waals surface area (Å²) in [6.45, 7) is 4.31. The van der Waals surface area contributed by atoms with E-state index < -0.39 is 6.04 Å². The van der Waals surface area contributed by atoms with Crippen LogP contribution in [-0.2, 0) is 21.9 Å². The molecule has 2 amide bonds. The van der Waals surface area contributed by atoms with Crippen LogP contribution in [0.3, 0.4) is 0 Å². The normalized spacial score (nSPS) is 14.7. The summed E-state index contributed by atoms with van der Waals surface area (Å²) >= 11 is 1.57. The summed E-state index contributed by atoms with van der Waals surface area (Å²) in [6.07, 6.45) is 4.38. The van der Waals surface area contributed by atoms with Gasteiger partial charge in [-0.1, -0.05) is 54.8 Å². The number of amides is 2. The van der Waals surface area contributed by atoms with Crippen LogP contribution in [0.2, 0.25) is 0 Å². The van der Waals surface area contributed by atoms with E-state index >= 15 is 0 Å². The van der Waals surface area contributed by atoms with E-state index in [0.717, 1.165) is 53.9 Å². The third kappa shape index (κ3) is 7.02. The van der Waals surface area contributed by atoms with Crippen molar-refractivity contribution in [3.05, 3.63) is 65.2 Å². The Morgan fingerprint density at radius 1 is 1.12 bits per heavy atom. The molecule has 0 aromatic heterocycles. The summed E-state index contributed by atoms with van der Waals surface area (Å²) in [5.41, 5.74) is 3.33. The van der Waals surface area contributed by atoms with E-state index in [4.69, 9.17) is 4.74 Å². The predicted octanol–water partition coefficient (Wildman–Crippen LogP) is 4.71. The van der Waals surface area contributed by atoms with Gasteiger partial charge in [-0.25, -0.2) is 0 Å². The molecule has 2 aromatic rings. The molecule has 1 fully saturated rings. The zero-order valence-electron chi connectivity index (χ0n) is 19.3. The minimum absolute atomic E-state index is 0.0147. The number of carbonyl (C=O) groups excluding carboxylic acids is 2. The number of methoxy groups -OCH3 is 1. The minimum Gasteiger partial charge on any atom is -0.497 e. The van der Waals surface area contributed by atoms with Gasteiger partial charge in [0.1, 0.15) is 11.8 Å². The van der Waals surface area contributed by atoms with Crippen LogP contribution in [0.25, 0.3) is 0 Å². The summed E-state index contributed by atoms with van der Waals surface area (Å²) in [7, 11) is 1.65. The van der Waals surface area contributed by atoms with Gasteiger partial charge in [-0.3, -0.25) is 9.59 Å². The predicted molar refractivity (Wildman–Crippen MR) is 131 cm³/mol. The van der Waals surface area contributed by atoms with Crippen molar-refractivity contribution in [1.29, 1.82) is 0 Å². The Hall–Kier alpha value is -2.47. The first kappa shape index (κ1) is 24.2. The molecule has 1 aliphatic rings. The van der Waals surface area contributed by atoms with Crippen LogP contribution in [0, 0.1) is 6.92 Å². The monoisotopic (exact) mass is 454 g/mol. The zero-order chi connectivity index (χ0) is 22.9. The Kier molecular flexibility index (Phi) is 9.03. The fraction of sp³-hybridized carbons (Fsp3) is 0.462. The Labute approximate surface area is 195 Å². The second-order valence-electron chi connectivity index (χ2n) is 8.52. The second-order valence-corrected chi connectivity index (χ2v) is 9.50. The lowest BCUT2D eigenvalue weighted by atomic mass is 10.1. The lowest BCUT2D eigenvalue weighted by Gasteiger charge is -2.30. The molecule has 1 aliphatic carbocycles. The third-order valence-corrected chi connectivity index (χ3v) is 6.95. The Balaban J connectivity index is 1.63. The Morgan fingerprint density at radius 2 is 1.84 bits per heavy atom. The Morgan fingerprint density at radius 3 is 2.50 bits per heavy atom. The molecule has 1 atom stereocenters. The maximum atomic E-state index is 13.2. The van der Waals surface area contributed by atoms with Crippen molar-refractivity contribution in [2.24, 2.45) is 0 Å². The highest BCUT2D eigenvalue weighted by molar-refractivity contribution is 7.99. The summed E-state index contributed by atoms with van der Waals surface area (Å²) < 4.78 is 5.20. The number of hydrogen-bond donors (Lipinski definition) is 1. The molecule has 0 bridgehead atoms. The van der Waals surface area contributed by atoms with Crippen LogP contribution < -0.4 is 10.1 Å². The van der Waals surface area contributed by atoms with Gasteiger partial charge in [0.05, 0.1) is 12.9 Å². The first-order valence-electron chi connectivity index (χ1n) is 11.3. The first-order valence-corrected chi connectivity index (χ1v) is 12.5. The highest BCUT2D eigenvalue weighted by atomic mass is 32.2. The summed E-state index contributed by atoms with van der Waals surface area (Å²) in [4.78, 5) is 27.9. The van der Waals surface area contributed by atoms with Crippen molar-refractivity contribution in [3.8, 4) is 5.75 Å². The van der Waals surface area contributed by atoms with E-state index in [2.05, 4.69) is 11.4 Å². The molecule has 0 unspecified atom stereocenters. The minimum atomic E-state index is -0.509. The second kappa shape index (κ2) is 12.0. The largest absolute Gasteiger partial charge is 0.497 e. The van der Waals surface area contributed by atoms with E-state index in [1.165, 1.54) is 0 Å². The fourth-order valence-corrected chi connectivity index (χ4v) is 4.91. The molecule has 2 aromatic carbocycles. The molecule has 0 heterocycles. The molecule has 5 nitrogen and oxygen atoms in total. The standard InChI is InChI=1S/C26H34N2O3S/c1-19-7-6-8-22(15-19)16-28(20(2)26(30)27-23-9-4-5-10-23)25(29)18-32-17-21-11-13-24(31-3)14-12-21/h6-8,11-15,20,23H,4-5,9-10,16-18H2,1-3H3,(H,27,30)/t20-/m0/s1. The third-order valence-electron chi connectivity index (χ3n) is 5.96. The molecule has 0 saturated heterocycles. The highest BCUT2D eigenvalue weighted by Crippen LogP contribution is 2.20. The number of carbonyl (C=O) groups is 2. The number of aryl methyl sites for hydroxylation is 1. The van der Waals surface area contributed by atoms with Crippen LogP contribution in [0.4, 0.5) is 0 Å². The van der Waals surface area contributed by atoms with Gasteiger partial charge in [0.15, 0.2) is 0 Å². The van der Waals surface area contributed by atoms with Crippen molar-refractivity contribution in [2.75, 3.05) is 12.9 Å². The number of rotatable bonds is 10. The maximum Gasteiger partial charge on any atom is 0.242 e. The molecular weight excluding hydrogens is 420 g/mol. The van der Waals surface area contributed by atoms with Crippen LogP contribution in [-0.4, -0.2) is 41.7 Å². The van der Waals surface area contributed by atoms with E-state index in [1.807, 2.05) is 56.3 Å². The SMILES string of the molecule is COc1ccc(CSCC(=O)N(Cc2cccc(C)c2)[C@@H](C)C(=O)NC2CCCC2)cc1. The average molecular weight is 455 g/mol. The van der Waals surface area contributed by atoms with Gasteiger partial charge in [0.25, 0.3) is 0 Å². The van der Waals surface area contributed by atoms with Crippen molar-refractivity contribution in [1.82, 2.24) is 10.2 Å². The topological polar surface area (TPSA) is 58.6 Å². The molecule has 6 heteroatoms. The molecule has 0 spiro atoms. The number of benzene rings is 2. The number of thioether (sulfide) groups is 1. The number of nitrogens with one attached hydrogen (secondary N) is 1. The summed E-state index contributed by atoms with van der Waals surface area (Å²) in [6, 6.07) is 15.7. The van der Waals surface area contributed by atoms with Crippen molar-refractivity contribution in [3.63, 3.8) is 0 Å². The number of hydrogen-bond acceptors (Lipinski definition) is 4. The van der Waals surface area contributed by atoms with Crippen molar-refractivity contribution < 1.29 is 14.3 Å². The molecule has 3 rings (SSSR count). The fourth-order valence-electron chi connectivity index (χ4n) is 4.04. The summed E-state index contributed by atoms with van der Waals surface area (Å²) in [5.74, 6) is 1.81.